The summed E-state index contributed by atoms with van der Waals surface area (Å²) in [6.45, 7) is 11.0. The molecule has 1 heterocycles. The minimum Gasteiger partial charge on any atom is -0.449 e. The molecule has 2 aromatic carbocycles. The third-order valence-electron chi connectivity index (χ3n) is 8.38. The van der Waals surface area contributed by atoms with Crippen molar-refractivity contribution in [1.82, 2.24) is 4.90 Å². The van der Waals surface area contributed by atoms with Gasteiger partial charge in [0.05, 0.1) is 20.4 Å². The lowest BCUT2D eigenvalue weighted by Gasteiger charge is -2.49. The standard InChI is InChI=1S/C32H33Br2N3O7/c1-6-9-35-22-13-31(2,3)15-24(38)28(22)27(29-23(35)14-32(4,5)16-25(29)39)19-10-17(33)11-20(34)30(19)44-26-8-7-18(36(40)41)12-21(26)37(42)43/h7-8,10-12,27H,6,9,13-16H2,1-5H3. The molecule has 0 radical (unpaired) electrons. The van der Waals surface area contributed by atoms with Crippen LogP contribution in [0.2, 0.25) is 0 Å². The predicted molar refractivity (Wildman–Crippen MR) is 172 cm³/mol. The summed E-state index contributed by atoms with van der Waals surface area (Å²) < 4.78 is 7.33. The number of rotatable bonds is 7. The Labute approximate surface area is 272 Å². The molecule has 232 valence electrons. The molecular formula is C32H33Br2N3O7. The Morgan fingerprint density at radius 3 is 1.95 bits per heavy atom. The number of Topliss-reactive ketones (excluding diaryl/α,β-unsaturated/α-hetero) is 2. The molecule has 0 atom stereocenters. The van der Waals surface area contributed by atoms with E-state index < -0.39 is 27.1 Å². The molecule has 0 bridgehead atoms. The number of hydrogen-bond acceptors (Lipinski definition) is 8. The number of benzene rings is 2. The lowest BCUT2D eigenvalue weighted by molar-refractivity contribution is -0.394. The van der Waals surface area contributed by atoms with Crippen LogP contribution in [0.25, 0.3) is 0 Å². The maximum absolute atomic E-state index is 14.1. The van der Waals surface area contributed by atoms with Crippen LogP contribution >= 0.6 is 31.9 Å². The maximum atomic E-state index is 14.1. The summed E-state index contributed by atoms with van der Waals surface area (Å²) in [7, 11) is 0. The lowest BCUT2D eigenvalue weighted by atomic mass is 9.63. The fourth-order valence-electron chi connectivity index (χ4n) is 6.71. The number of non-ortho nitro benzene ring substituents is 1. The second-order valence-electron chi connectivity index (χ2n) is 13.3. The van der Waals surface area contributed by atoms with E-state index in [9.17, 15) is 29.8 Å². The van der Waals surface area contributed by atoms with Gasteiger partial charge in [0.25, 0.3) is 5.69 Å². The highest BCUT2D eigenvalue weighted by molar-refractivity contribution is 9.11. The van der Waals surface area contributed by atoms with Crippen molar-refractivity contribution >= 4 is 54.8 Å². The topological polar surface area (TPSA) is 133 Å². The second-order valence-corrected chi connectivity index (χ2v) is 15.0. The Bertz CT molecular complexity index is 1640. The van der Waals surface area contributed by atoms with Crippen LogP contribution in [0.4, 0.5) is 11.4 Å². The van der Waals surface area contributed by atoms with E-state index in [-0.39, 0.29) is 33.9 Å². The number of allylic oxidation sites excluding steroid dienone is 4. The molecule has 0 aromatic heterocycles. The van der Waals surface area contributed by atoms with Crippen molar-refractivity contribution in [2.75, 3.05) is 6.54 Å². The van der Waals surface area contributed by atoms with E-state index >= 15 is 0 Å². The van der Waals surface area contributed by atoms with E-state index in [4.69, 9.17) is 4.74 Å². The van der Waals surface area contributed by atoms with Gasteiger partial charge in [-0.15, -0.1) is 0 Å². The van der Waals surface area contributed by atoms with Crippen LogP contribution in [0.15, 0.2) is 61.8 Å². The summed E-state index contributed by atoms with van der Waals surface area (Å²) in [4.78, 5) is 52.3. The van der Waals surface area contributed by atoms with Gasteiger partial charge in [0, 0.05) is 63.9 Å². The van der Waals surface area contributed by atoms with Gasteiger partial charge in [0.2, 0.25) is 5.75 Å². The summed E-state index contributed by atoms with van der Waals surface area (Å²) in [5.74, 6) is -0.872. The summed E-state index contributed by atoms with van der Waals surface area (Å²) in [6, 6.07) is 6.68. The second kappa shape index (κ2) is 11.5. The Balaban J connectivity index is 1.80. The molecule has 3 aliphatic rings. The summed E-state index contributed by atoms with van der Waals surface area (Å²) in [5.41, 5.74) is 1.83. The molecule has 44 heavy (non-hydrogen) atoms. The average molecular weight is 731 g/mol. The predicted octanol–water partition coefficient (Wildman–Crippen LogP) is 8.92. The largest absolute Gasteiger partial charge is 0.449 e. The number of nitrogens with zero attached hydrogens (tertiary/aromatic N) is 3. The normalized spacial score (nSPS) is 19.6. The first-order valence-electron chi connectivity index (χ1n) is 14.4. The Morgan fingerprint density at radius 2 is 1.45 bits per heavy atom. The SMILES string of the molecule is CCCN1C2=C(C(=O)CC(C)(C)C2)C(c2cc(Br)cc(Br)c2Oc2ccc([N+](=O)[O-])cc2[N+](=O)[O-])C2=C1CC(C)(C)CC2=O. The van der Waals surface area contributed by atoms with E-state index in [0.717, 1.165) is 29.9 Å². The van der Waals surface area contributed by atoms with Gasteiger partial charge in [-0.05, 0) is 64.2 Å². The first-order chi connectivity index (χ1) is 20.5. The van der Waals surface area contributed by atoms with Crippen molar-refractivity contribution in [2.45, 2.75) is 72.6 Å². The number of ketones is 2. The third kappa shape index (κ3) is 5.85. The van der Waals surface area contributed by atoms with Crippen LogP contribution in [-0.2, 0) is 9.59 Å². The molecule has 0 saturated heterocycles. The first kappa shape index (κ1) is 32.0. The van der Waals surface area contributed by atoms with Gasteiger partial charge in [0.15, 0.2) is 11.6 Å². The molecule has 5 rings (SSSR count). The highest BCUT2D eigenvalue weighted by Crippen LogP contribution is 2.57. The number of carbonyl (C=O) groups is 2. The van der Waals surface area contributed by atoms with Gasteiger partial charge < -0.3 is 9.64 Å². The molecule has 0 spiro atoms. The summed E-state index contributed by atoms with van der Waals surface area (Å²) in [5, 5.41) is 23.3. The Morgan fingerprint density at radius 1 is 0.886 bits per heavy atom. The summed E-state index contributed by atoms with van der Waals surface area (Å²) in [6.07, 6.45) is 2.74. The number of nitro benzene ring substituents is 2. The molecule has 12 heteroatoms. The highest BCUT2D eigenvalue weighted by atomic mass is 79.9. The zero-order valence-electron chi connectivity index (χ0n) is 25.2. The first-order valence-corrected chi connectivity index (χ1v) is 16.0. The van der Waals surface area contributed by atoms with Crippen molar-refractivity contribution in [1.29, 1.82) is 0 Å². The van der Waals surface area contributed by atoms with Crippen LogP contribution in [0.3, 0.4) is 0 Å². The minimum absolute atomic E-state index is 0.0464. The maximum Gasteiger partial charge on any atom is 0.318 e. The zero-order chi connectivity index (χ0) is 32.3. The molecular weight excluding hydrogens is 698 g/mol. The van der Waals surface area contributed by atoms with Crippen LogP contribution < -0.4 is 4.74 Å². The van der Waals surface area contributed by atoms with Crippen molar-refractivity contribution in [3.63, 3.8) is 0 Å². The monoisotopic (exact) mass is 729 g/mol. The van der Waals surface area contributed by atoms with Gasteiger partial charge in [-0.1, -0.05) is 50.5 Å². The van der Waals surface area contributed by atoms with Crippen molar-refractivity contribution in [2.24, 2.45) is 10.8 Å². The lowest BCUT2D eigenvalue weighted by Crippen LogP contribution is -2.44. The van der Waals surface area contributed by atoms with E-state index in [1.165, 1.54) is 6.07 Å². The number of ether oxygens (including phenoxy) is 1. The molecule has 10 nitrogen and oxygen atoms in total. The summed E-state index contributed by atoms with van der Waals surface area (Å²) >= 11 is 7.12. The molecule has 0 fully saturated rings. The highest BCUT2D eigenvalue weighted by Gasteiger charge is 2.49. The number of nitro groups is 2. The fourth-order valence-corrected chi connectivity index (χ4v) is 8.05. The van der Waals surface area contributed by atoms with E-state index in [0.29, 0.717) is 57.9 Å². The third-order valence-corrected chi connectivity index (χ3v) is 9.43. The van der Waals surface area contributed by atoms with E-state index in [1.54, 1.807) is 12.1 Å². The Kier molecular flexibility index (Phi) is 8.39. The Hall–Kier alpha value is -3.38. The van der Waals surface area contributed by atoms with Crippen molar-refractivity contribution < 1.29 is 24.2 Å². The van der Waals surface area contributed by atoms with Crippen molar-refractivity contribution in [3.05, 3.63) is 87.6 Å². The van der Waals surface area contributed by atoms with Crippen LogP contribution in [0.1, 0.15) is 78.2 Å². The molecule has 0 N–H and O–H groups in total. The molecule has 2 aromatic rings. The zero-order valence-corrected chi connectivity index (χ0v) is 28.3. The number of halogens is 2. The average Bonchev–Trinajstić information content (AvgIpc) is 2.89. The molecule has 2 aliphatic carbocycles. The van der Waals surface area contributed by atoms with Gasteiger partial charge in [-0.3, -0.25) is 29.8 Å². The quantitative estimate of drug-likeness (QED) is 0.204. The molecule has 1 aliphatic heterocycles. The smallest absolute Gasteiger partial charge is 0.318 e. The fraction of sp³-hybridized carbons (Fsp3) is 0.438. The molecule has 0 saturated carbocycles. The van der Waals surface area contributed by atoms with Crippen LogP contribution in [0, 0.1) is 31.1 Å². The van der Waals surface area contributed by atoms with E-state index in [1.807, 2.05) is 0 Å². The van der Waals surface area contributed by atoms with E-state index in [2.05, 4.69) is 71.4 Å². The minimum atomic E-state index is -0.763. The van der Waals surface area contributed by atoms with Gasteiger partial charge in [-0.2, -0.15) is 0 Å². The molecule has 0 unspecified atom stereocenters. The number of hydrogen-bond donors (Lipinski definition) is 0. The molecule has 0 amide bonds. The van der Waals surface area contributed by atoms with Crippen LogP contribution in [-0.4, -0.2) is 32.9 Å². The van der Waals surface area contributed by atoms with Gasteiger partial charge >= 0.3 is 5.69 Å². The van der Waals surface area contributed by atoms with Crippen molar-refractivity contribution in [3.8, 4) is 11.5 Å². The van der Waals surface area contributed by atoms with Crippen LogP contribution in [0.5, 0.6) is 11.5 Å². The van der Waals surface area contributed by atoms with Gasteiger partial charge in [-0.25, -0.2) is 0 Å². The van der Waals surface area contributed by atoms with Gasteiger partial charge in [0.1, 0.15) is 5.75 Å². The number of carbonyl (C=O) groups excluding carboxylic acids is 2.